The van der Waals surface area contributed by atoms with E-state index in [-0.39, 0.29) is 5.52 Å². The standard InChI is InChI=1S/C15H12BF3N4O/c1-23-13(10-2-4-20-8-12(10)24-5-3-16)22-11-6-9(15(17,18)19)7-21-14(11)23/h2,4,6-8H,3,5H2,1H3. The molecule has 0 fully saturated rings. The summed E-state index contributed by atoms with van der Waals surface area (Å²) in [4.78, 5) is 12.2. The third-order valence-corrected chi connectivity index (χ3v) is 3.44. The van der Waals surface area contributed by atoms with Crippen LogP contribution in [0.5, 0.6) is 5.75 Å². The van der Waals surface area contributed by atoms with Crippen molar-refractivity contribution in [1.29, 1.82) is 0 Å². The fraction of sp³-hybridized carbons (Fsp3) is 0.267. The van der Waals surface area contributed by atoms with E-state index in [2.05, 4.69) is 15.0 Å². The molecule has 0 N–H and O–H groups in total. The van der Waals surface area contributed by atoms with Gasteiger partial charge in [0.05, 0.1) is 31.8 Å². The number of imidazole rings is 1. The zero-order valence-corrected chi connectivity index (χ0v) is 12.7. The van der Waals surface area contributed by atoms with Crippen LogP contribution in [0, 0.1) is 0 Å². The normalized spacial score (nSPS) is 11.8. The molecule has 5 nitrogen and oxygen atoms in total. The number of halogens is 3. The van der Waals surface area contributed by atoms with Crippen LogP contribution >= 0.6 is 0 Å². The highest BCUT2D eigenvalue weighted by atomic mass is 19.4. The van der Waals surface area contributed by atoms with Crippen molar-refractivity contribution in [3.63, 3.8) is 0 Å². The molecule has 0 atom stereocenters. The Balaban J connectivity index is 2.12. The van der Waals surface area contributed by atoms with Gasteiger partial charge in [-0.1, -0.05) is 6.32 Å². The lowest BCUT2D eigenvalue weighted by Crippen LogP contribution is -2.05. The van der Waals surface area contributed by atoms with Crippen LogP contribution in [0.3, 0.4) is 0 Å². The number of aryl methyl sites for hydroxylation is 1. The van der Waals surface area contributed by atoms with Crippen LogP contribution in [-0.2, 0) is 13.2 Å². The van der Waals surface area contributed by atoms with Gasteiger partial charge >= 0.3 is 6.18 Å². The lowest BCUT2D eigenvalue weighted by Gasteiger charge is -2.09. The van der Waals surface area contributed by atoms with Crippen molar-refractivity contribution >= 4 is 19.0 Å². The smallest absolute Gasteiger partial charge is 0.417 e. The van der Waals surface area contributed by atoms with Gasteiger partial charge in [-0.05, 0) is 12.1 Å². The maximum absolute atomic E-state index is 12.8. The molecule has 9 heteroatoms. The molecule has 0 aliphatic heterocycles. The average molecular weight is 332 g/mol. The van der Waals surface area contributed by atoms with Gasteiger partial charge < -0.3 is 9.30 Å². The van der Waals surface area contributed by atoms with Crippen molar-refractivity contribution in [3.05, 3.63) is 36.3 Å². The van der Waals surface area contributed by atoms with Crippen molar-refractivity contribution < 1.29 is 17.9 Å². The number of rotatable bonds is 4. The molecule has 0 saturated carbocycles. The summed E-state index contributed by atoms with van der Waals surface area (Å²) in [6.45, 7) is 0.291. The molecule has 0 saturated heterocycles. The number of ether oxygens (including phenoxy) is 1. The minimum Gasteiger partial charge on any atom is -0.492 e. The lowest BCUT2D eigenvalue weighted by atomic mass is 10.1. The first-order chi connectivity index (χ1) is 11.4. The molecule has 122 valence electrons. The first kappa shape index (κ1) is 16.3. The van der Waals surface area contributed by atoms with Crippen molar-refractivity contribution in [2.24, 2.45) is 7.05 Å². The van der Waals surface area contributed by atoms with Crippen molar-refractivity contribution in [3.8, 4) is 17.1 Å². The predicted octanol–water partition coefficient (Wildman–Crippen LogP) is 3.01. The van der Waals surface area contributed by atoms with Crippen LogP contribution in [0.1, 0.15) is 5.56 Å². The first-order valence-electron chi connectivity index (χ1n) is 7.08. The SMILES string of the molecule is [B]CCOc1cnccc1-c1nc2cc(C(F)(F)F)cnc2n1C. The van der Waals surface area contributed by atoms with Crippen LogP contribution < -0.4 is 4.74 Å². The van der Waals surface area contributed by atoms with Gasteiger partial charge in [0.15, 0.2) is 5.65 Å². The maximum atomic E-state index is 12.8. The van der Waals surface area contributed by atoms with E-state index in [1.165, 1.54) is 6.20 Å². The zero-order valence-electron chi connectivity index (χ0n) is 12.7. The molecule has 3 rings (SSSR count). The molecular weight excluding hydrogens is 320 g/mol. The highest BCUT2D eigenvalue weighted by Crippen LogP contribution is 2.33. The Morgan fingerprint density at radius 1 is 1.29 bits per heavy atom. The summed E-state index contributed by atoms with van der Waals surface area (Å²) < 4.78 is 45.6. The molecule has 2 radical (unpaired) electrons. The van der Waals surface area contributed by atoms with Gasteiger partial charge in [-0.25, -0.2) is 9.97 Å². The first-order valence-corrected chi connectivity index (χ1v) is 7.08. The summed E-state index contributed by atoms with van der Waals surface area (Å²) in [6, 6.07) is 2.66. The quantitative estimate of drug-likeness (QED) is 0.689. The fourth-order valence-electron chi connectivity index (χ4n) is 2.32. The van der Waals surface area contributed by atoms with Crippen molar-refractivity contribution in [2.45, 2.75) is 12.5 Å². The van der Waals surface area contributed by atoms with Gasteiger partial charge in [0.25, 0.3) is 0 Å². The summed E-state index contributed by atoms with van der Waals surface area (Å²) in [5, 5.41) is 0. The second-order valence-electron chi connectivity index (χ2n) is 5.07. The van der Waals surface area contributed by atoms with Crippen LogP contribution in [0.15, 0.2) is 30.7 Å². The van der Waals surface area contributed by atoms with Crippen molar-refractivity contribution in [1.82, 2.24) is 19.5 Å². The molecule has 0 unspecified atom stereocenters. The summed E-state index contributed by atoms with van der Waals surface area (Å²) in [5.74, 6) is 0.892. The second-order valence-corrected chi connectivity index (χ2v) is 5.07. The molecule has 0 aliphatic rings. The van der Waals surface area contributed by atoms with E-state index in [1.807, 2.05) is 0 Å². The lowest BCUT2D eigenvalue weighted by molar-refractivity contribution is -0.137. The number of pyridine rings is 2. The number of alkyl halides is 3. The van der Waals surface area contributed by atoms with Crippen LogP contribution in [-0.4, -0.2) is 34.0 Å². The Kier molecular flexibility index (Phi) is 4.17. The van der Waals surface area contributed by atoms with Crippen molar-refractivity contribution in [2.75, 3.05) is 6.61 Å². The average Bonchev–Trinajstić information content (AvgIpc) is 2.89. The van der Waals surface area contributed by atoms with E-state index >= 15 is 0 Å². The van der Waals surface area contributed by atoms with Crippen LogP contribution in [0.4, 0.5) is 13.2 Å². The molecular formula is C15H12BF3N4O. The second kappa shape index (κ2) is 6.14. The molecule has 3 aromatic heterocycles. The molecule has 0 bridgehead atoms. The summed E-state index contributed by atoms with van der Waals surface area (Å²) in [7, 11) is 7.11. The van der Waals surface area contributed by atoms with E-state index in [1.54, 1.807) is 23.9 Å². The Morgan fingerprint density at radius 3 is 2.79 bits per heavy atom. The number of hydrogen-bond acceptors (Lipinski definition) is 4. The number of aromatic nitrogens is 4. The molecule has 0 spiro atoms. The van der Waals surface area contributed by atoms with Crippen LogP contribution in [0.2, 0.25) is 6.32 Å². The van der Waals surface area contributed by atoms with Crippen LogP contribution in [0.25, 0.3) is 22.6 Å². The Bertz CT molecular complexity index is 879. The highest BCUT2D eigenvalue weighted by Gasteiger charge is 2.31. The third-order valence-electron chi connectivity index (χ3n) is 3.44. The summed E-state index contributed by atoms with van der Waals surface area (Å²) >= 11 is 0. The van der Waals surface area contributed by atoms with Gasteiger partial charge in [-0.15, -0.1) is 0 Å². The predicted molar refractivity (Wildman–Crippen MR) is 82.8 cm³/mol. The topological polar surface area (TPSA) is 52.8 Å². The van der Waals surface area contributed by atoms with Gasteiger partial charge in [-0.2, -0.15) is 13.2 Å². The monoisotopic (exact) mass is 332 g/mol. The maximum Gasteiger partial charge on any atom is 0.417 e. The number of nitrogens with zero attached hydrogens (tertiary/aromatic N) is 4. The third kappa shape index (κ3) is 2.93. The zero-order chi connectivity index (χ0) is 17.3. The Labute approximate surface area is 136 Å². The van der Waals surface area contributed by atoms with E-state index < -0.39 is 11.7 Å². The molecule has 0 aliphatic carbocycles. The molecule has 3 aromatic rings. The fourth-order valence-corrected chi connectivity index (χ4v) is 2.32. The van der Waals surface area contributed by atoms with E-state index in [0.29, 0.717) is 35.7 Å². The largest absolute Gasteiger partial charge is 0.492 e. The minimum absolute atomic E-state index is 0.156. The van der Waals surface area contributed by atoms with E-state index in [9.17, 15) is 13.2 Å². The van der Waals surface area contributed by atoms with Gasteiger partial charge in [0, 0.05) is 19.4 Å². The van der Waals surface area contributed by atoms with Gasteiger partial charge in [-0.3, -0.25) is 4.98 Å². The van der Waals surface area contributed by atoms with Gasteiger partial charge in [0.1, 0.15) is 17.1 Å². The summed E-state index contributed by atoms with van der Waals surface area (Å²) in [6.07, 6.45) is -0.276. The highest BCUT2D eigenvalue weighted by molar-refractivity contribution is 6.08. The summed E-state index contributed by atoms with van der Waals surface area (Å²) in [5.41, 5.74) is 0.269. The number of fused-ring (bicyclic) bond motifs is 1. The molecule has 0 aromatic carbocycles. The number of hydrogen-bond donors (Lipinski definition) is 0. The Morgan fingerprint density at radius 2 is 2.08 bits per heavy atom. The minimum atomic E-state index is -4.47. The molecule has 0 amide bonds. The van der Waals surface area contributed by atoms with E-state index in [0.717, 1.165) is 12.3 Å². The van der Waals surface area contributed by atoms with Gasteiger partial charge in [0.2, 0.25) is 0 Å². The molecule has 24 heavy (non-hydrogen) atoms. The molecule has 3 heterocycles. The Hall–Kier alpha value is -2.58. The van der Waals surface area contributed by atoms with E-state index in [4.69, 9.17) is 12.6 Å².